The number of hydrogen-bond acceptors (Lipinski definition) is 3. The smallest absolute Gasteiger partial charge is 0.0638 e. The Bertz CT molecular complexity index is 205. The highest BCUT2D eigenvalue weighted by Gasteiger charge is 2.27. The SMILES string of the molecule is CC(CC#N)N1CCNC(C)(C)C1. The summed E-state index contributed by atoms with van der Waals surface area (Å²) in [5.74, 6) is 0. The third-order valence-corrected chi connectivity index (χ3v) is 2.61. The summed E-state index contributed by atoms with van der Waals surface area (Å²) in [6.45, 7) is 9.67. The largest absolute Gasteiger partial charge is 0.309 e. The number of rotatable bonds is 2. The Morgan fingerprint density at radius 1 is 1.62 bits per heavy atom. The average Bonchev–Trinajstić information content (AvgIpc) is 2.03. The highest BCUT2D eigenvalue weighted by molar-refractivity contribution is 4.90. The van der Waals surface area contributed by atoms with E-state index in [9.17, 15) is 0 Å². The zero-order valence-electron chi connectivity index (χ0n) is 8.80. The van der Waals surface area contributed by atoms with Crippen LogP contribution in [0.15, 0.2) is 0 Å². The van der Waals surface area contributed by atoms with Gasteiger partial charge in [0.25, 0.3) is 0 Å². The summed E-state index contributed by atoms with van der Waals surface area (Å²) < 4.78 is 0. The predicted octanol–water partition coefficient (Wildman–Crippen LogP) is 0.972. The van der Waals surface area contributed by atoms with E-state index in [4.69, 9.17) is 5.26 Å². The summed E-state index contributed by atoms with van der Waals surface area (Å²) in [5, 5.41) is 12.1. The van der Waals surface area contributed by atoms with Crippen LogP contribution in [0.1, 0.15) is 27.2 Å². The summed E-state index contributed by atoms with van der Waals surface area (Å²) in [4.78, 5) is 2.39. The topological polar surface area (TPSA) is 39.1 Å². The maximum absolute atomic E-state index is 8.61. The fourth-order valence-corrected chi connectivity index (χ4v) is 1.82. The number of hydrogen-bond donors (Lipinski definition) is 1. The van der Waals surface area contributed by atoms with Gasteiger partial charge in [0.15, 0.2) is 0 Å². The van der Waals surface area contributed by atoms with Crippen LogP contribution in [0.3, 0.4) is 0 Å². The van der Waals surface area contributed by atoms with E-state index in [-0.39, 0.29) is 5.54 Å². The Labute approximate surface area is 80.7 Å². The van der Waals surface area contributed by atoms with Crippen molar-refractivity contribution in [3.63, 3.8) is 0 Å². The van der Waals surface area contributed by atoms with Crippen LogP contribution < -0.4 is 5.32 Å². The van der Waals surface area contributed by atoms with Crippen LogP contribution in [0, 0.1) is 11.3 Å². The predicted molar refractivity (Wildman–Crippen MR) is 53.3 cm³/mol. The highest BCUT2D eigenvalue weighted by atomic mass is 15.2. The molecular formula is C10H19N3. The van der Waals surface area contributed by atoms with Gasteiger partial charge in [0.2, 0.25) is 0 Å². The lowest BCUT2D eigenvalue weighted by molar-refractivity contribution is 0.118. The molecule has 1 unspecified atom stereocenters. The van der Waals surface area contributed by atoms with Crippen molar-refractivity contribution in [2.24, 2.45) is 0 Å². The molecule has 1 saturated heterocycles. The van der Waals surface area contributed by atoms with Crippen LogP contribution >= 0.6 is 0 Å². The quantitative estimate of drug-likeness (QED) is 0.690. The molecule has 1 aliphatic rings. The van der Waals surface area contributed by atoms with Crippen LogP contribution in [-0.2, 0) is 0 Å². The minimum atomic E-state index is 0.196. The van der Waals surface area contributed by atoms with Crippen molar-refractivity contribution in [3.05, 3.63) is 0 Å². The first-order valence-corrected chi connectivity index (χ1v) is 4.91. The third-order valence-electron chi connectivity index (χ3n) is 2.61. The van der Waals surface area contributed by atoms with E-state index in [1.54, 1.807) is 0 Å². The summed E-state index contributed by atoms with van der Waals surface area (Å²) in [7, 11) is 0. The van der Waals surface area contributed by atoms with Gasteiger partial charge in [-0.2, -0.15) is 5.26 Å². The van der Waals surface area contributed by atoms with E-state index < -0.39 is 0 Å². The molecule has 1 atom stereocenters. The first kappa shape index (κ1) is 10.5. The average molecular weight is 181 g/mol. The fourth-order valence-electron chi connectivity index (χ4n) is 1.82. The zero-order valence-corrected chi connectivity index (χ0v) is 8.80. The third kappa shape index (κ3) is 2.98. The molecule has 0 bridgehead atoms. The molecule has 1 fully saturated rings. The Morgan fingerprint density at radius 3 is 2.85 bits per heavy atom. The van der Waals surface area contributed by atoms with E-state index >= 15 is 0 Å². The Balaban J connectivity index is 2.47. The van der Waals surface area contributed by atoms with Crippen molar-refractivity contribution < 1.29 is 0 Å². The van der Waals surface area contributed by atoms with Crippen molar-refractivity contribution in [1.29, 1.82) is 5.26 Å². The summed E-state index contributed by atoms with van der Waals surface area (Å²) in [6.07, 6.45) is 0.635. The zero-order chi connectivity index (χ0) is 9.90. The van der Waals surface area contributed by atoms with Gasteiger partial charge >= 0.3 is 0 Å². The molecule has 1 rings (SSSR count). The monoisotopic (exact) mass is 181 g/mol. The second-order valence-corrected chi connectivity index (χ2v) is 4.49. The van der Waals surface area contributed by atoms with Gasteiger partial charge < -0.3 is 5.32 Å². The molecule has 0 saturated carbocycles. The van der Waals surface area contributed by atoms with Gasteiger partial charge in [-0.05, 0) is 20.8 Å². The standard InChI is InChI=1S/C10H19N3/c1-9(4-5-11)13-7-6-12-10(2,3)8-13/h9,12H,4,6-8H2,1-3H3. The fraction of sp³-hybridized carbons (Fsp3) is 0.900. The molecule has 0 radical (unpaired) electrons. The molecular weight excluding hydrogens is 162 g/mol. The Kier molecular flexibility index (Phi) is 3.29. The molecule has 1 heterocycles. The first-order chi connectivity index (χ1) is 6.05. The van der Waals surface area contributed by atoms with Crippen molar-refractivity contribution in [3.8, 4) is 6.07 Å². The van der Waals surface area contributed by atoms with E-state index in [2.05, 4.69) is 37.1 Å². The molecule has 0 aromatic rings. The molecule has 0 spiro atoms. The molecule has 0 aromatic heterocycles. The summed E-state index contributed by atoms with van der Waals surface area (Å²) in [5.41, 5.74) is 0.196. The van der Waals surface area contributed by atoms with E-state index in [0.717, 1.165) is 19.6 Å². The van der Waals surface area contributed by atoms with Gasteiger partial charge in [0.1, 0.15) is 0 Å². The minimum Gasteiger partial charge on any atom is -0.309 e. The molecule has 1 N–H and O–H groups in total. The van der Waals surface area contributed by atoms with Crippen molar-refractivity contribution in [2.45, 2.75) is 38.8 Å². The maximum atomic E-state index is 8.61. The van der Waals surface area contributed by atoms with E-state index in [1.165, 1.54) is 0 Å². The van der Waals surface area contributed by atoms with Gasteiger partial charge in [-0.3, -0.25) is 4.90 Å². The Morgan fingerprint density at radius 2 is 2.31 bits per heavy atom. The molecule has 13 heavy (non-hydrogen) atoms. The van der Waals surface area contributed by atoms with Gasteiger partial charge in [0, 0.05) is 31.2 Å². The number of nitriles is 1. The van der Waals surface area contributed by atoms with Crippen LogP contribution in [0.5, 0.6) is 0 Å². The van der Waals surface area contributed by atoms with Crippen LogP contribution in [0.4, 0.5) is 0 Å². The maximum Gasteiger partial charge on any atom is 0.0638 e. The molecule has 1 aliphatic heterocycles. The second-order valence-electron chi connectivity index (χ2n) is 4.49. The second kappa shape index (κ2) is 4.08. The molecule has 74 valence electrons. The van der Waals surface area contributed by atoms with Gasteiger partial charge in [-0.15, -0.1) is 0 Å². The van der Waals surface area contributed by atoms with Crippen LogP contribution in [0.2, 0.25) is 0 Å². The molecule has 0 amide bonds. The number of piperazine rings is 1. The lowest BCUT2D eigenvalue weighted by atomic mass is 10.0. The van der Waals surface area contributed by atoms with Crippen molar-refractivity contribution in [1.82, 2.24) is 10.2 Å². The Hall–Kier alpha value is -0.590. The van der Waals surface area contributed by atoms with Gasteiger partial charge in [0.05, 0.1) is 12.5 Å². The lowest BCUT2D eigenvalue weighted by Crippen LogP contribution is -2.58. The number of nitrogens with zero attached hydrogens (tertiary/aromatic N) is 2. The van der Waals surface area contributed by atoms with Crippen molar-refractivity contribution in [2.75, 3.05) is 19.6 Å². The van der Waals surface area contributed by atoms with Gasteiger partial charge in [-0.1, -0.05) is 0 Å². The van der Waals surface area contributed by atoms with E-state index in [0.29, 0.717) is 12.5 Å². The first-order valence-electron chi connectivity index (χ1n) is 4.91. The lowest BCUT2D eigenvalue weighted by Gasteiger charge is -2.41. The molecule has 0 aliphatic carbocycles. The summed E-state index contributed by atoms with van der Waals surface area (Å²) in [6, 6.07) is 2.62. The van der Waals surface area contributed by atoms with Crippen LogP contribution in [0.25, 0.3) is 0 Å². The van der Waals surface area contributed by atoms with E-state index in [1.807, 2.05) is 0 Å². The molecule has 3 nitrogen and oxygen atoms in total. The van der Waals surface area contributed by atoms with Gasteiger partial charge in [-0.25, -0.2) is 0 Å². The van der Waals surface area contributed by atoms with Crippen molar-refractivity contribution >= 4 is 0 Å². The van der Waals surface area contributed by atoms with Crippen LogP contribution in [-0.4, -0.2) is 36.1 Å². The normalized spacial score (nSPS) is 25.1. The molecule has 0 aromatic carbocycles. The summed E-state index contributed by atoms with van der Waals surface area (Å²) >= 11 is 0. The highest BCUT2D eigenvalue weighted by Crippen LogP contribution is 2.13. The minimum absolute atomic E-state index is 0.196. The number of nitrogens with one attached hydrogen (secondary N) is 1. The molecule has 3 heteroatoms.